The molecular weight excluding hydrogens is 292 g/mol. The third kappa shape index (κ3) is 6.18. The highest BCUT2D eigenvalue weighted by atomic mass is 35.5. The maximum atomic E-state index is 12.0. The van der Waals surface area contributed by atoms with Crippen molar-refractivity contribution in [3.8, 4) is 0 Å². The van der Waals surface area contributed by atoms with Crippen LogP contribution in [-0.4, -0.2) is 24.4 Å². The first-order valence-electron chi connectivity index (χ1n) is 6.49. The maximum absolute atomic E-state index is 12.0. The van der Waals surface area contributed by atoms with Crippen LogP contribution in [0.1, 0.15) is 23.2 Å². The zero-order valence-corrected chi connectivity index (χ0v) is 12.3. The number of carbonyl (C=O) groups excluding carboxylic acids is 2. The molecule has 0 saturated carbocycles. The number of hydrogen-bond acceptors (Lipinski definition) is 4. The highest BCUT2D eigenvalue weighted by Crippen LogP contribution is 2.02. The minimum atomic E-state index is -0.722. The fraction of sp³-hybridized carbons (Fsp3) is 0.286. The molecule has 1 aromatic carbocycles. The molecule has 0 aliphatic carbocycles. The molecule has 6 N–H and O–H groups in total. The Balaban J connectivity index is 2.47. The van der Waals surface area contributed by atoms with Crippen molar-refractivity contribution in [2.45, 2.75) is 18.9 Å². The van der Waals surface area contributed by atoms with Crippen LogP contribution < -0.4 is 22.1 Å². The second-order valence-electron chi connectivity index (χ2n) is 4.43. The Kier molecular flexibility index (Phi) is 7.11. The summed E-state index contributed by atoms with van der Waals surface area (Å²) in [4.78, 5) is 23.3. The van der Waals surface area contributed by atoms with E-state index in [4.69, 9.17) is 23.1 Å². The van der Waals surface area contributed by atoms with Crippen molar-refractivity contribution < 1.29 is 9.59 Å². The Morgan fingerprint density at radius 3 is 2.48 bits per heavy atom. The van der Waals surface area contributed by atoms with E-state index in [9.17, 15) is 9.59 Å². The van der Waals surface area contributed by atoms with Crippen molar-refractivity contribution in [1.82, 2.24) is 10.6 Å². The van der Waals surface area contributed by atoms with Gasteiger partial charge in [0.15, 0.2) is 0 Å². The second-order valence-corrected chi connectivity index (χ2v) is 4.65. The molecule has 2 amide bonds. The highest BCUT2D eigenvalue weighted by Gasteiger charge is 2.18. The summed E-state index contributed by atoms with van der Waals surface area (Å²) in [5, 5.41) is 5.48. The van der Waals surface area contributed by atoms with E-state index in [1.807, 2.05) is 6.07 Å². The van der Waals surface area contributed by atoms with Gasteiger partial charge in [-0.2, -0.15) is 0 Å². The number of amides is 2. The van der Waals surface area contributed by atoms with E-state index in [-0.39, 0.29) is 5.91 Å². The van der Waals surface area contributed by atoms with Gasteiger partial charge in [0, 0.05) is 17.6 Å². The molecule has 0 fully saturated rings. The molecule has 1 rings (SSSR count). The van der Waals surface area contributed by atoms with Crippen molar-refractivity contribution in [1.29, 1.82) is 0 Å². The Morgan fingerprint density at radius 2 is 1.90 bits per heavy atom. The number of hydrogen-bond donors (Lipinski definition) is 4. The molecule has 6 nitrogen and oxygen atoms in total. The van der Waals surface area contributed by atoms with E-state index < -0.39 is 11.9 Å². The predicted octanol–water partition coefficient (Wildman–Crippen LogP) is 0.637. The van der Waals surface area contributed by atoms with E-state index >= 15 is 0 Å². The zero-order chi connectivity index (χ0) is 15.7. The maximum Gasteiger partial charge on any atom is 0.251 e. The molecule has 1 aromatic rings. The molecular formula is C14H19ClN4O2. The fourth-order valence-corrected chi connectivity index (χ4v) is 1.77. The molecule has 0 aromatic heterocycles. The summed E-state index contributed by atoms with van der Waals surface area (Å²) in [6.45, 7) is 0.528. The van der Waals surface area contributed by atoms with Gasteiger partial charge in [0.2, 0.25) is 5.91 Å². The minimum absolute atomic E-state index is 0.326. The van der Waals surface area contributed by atoms with Crippen LogP contribution in [0.25, 0.3) is 0 Å². The largest absolute Gasteiger partial charge is 0.385 e. The highest BCUT2D eigenvalue weighted by molar-refractivity contribution is 6.25. The standard InChI is InChI=1S/C14H19ClN4O2/c15-9-12(16)18-8-4-7-11(13(17)20)19-14(21)10-5-2-1-3-6-10/h1-3,5-6,9,11,18H,4,7-8,16H2,(H2,17,20)(H,19,21). The summed E-state index contributed by atoms with van der Waals surface area (Å²) in [7, 11) is 0. The predicted molar refractivity (Wildman–Crippen MR) is 82.3 cm³/mol. The Morgan fingerprint density at radius 1 is 1.24 bits per heavy atom. The molecule has 0 aliphatic heterocycles. The van der Waals surface area contributed by atoms with Crippen LogP contribution in [0, 0.1) is 0 Å². The Hall–Kier alpha value is -2.21. The molecule has 0 radical (unpaired) electrons. The lowest BCUT2D eigenvalue weighted by Crippen LogP contribution is -2.44. The number of primary amides is 1. The molecule has 1 atom stereocenters. The lowest BCUT2D eigenvalue weighted by molar-refractivity contribution is -0.120. The van der Waals surface area contributed by atoms with Gasteiger partial charge in [0.25, 0.3) is 5.91 Å². The van der Waals surface area contributed by atoms with Gasteiger partial charge in [-0.25, -0.2) is 0 Å². The zero-order valence-electron chi connectivity index (χ0n) is 11.5. The van der Waals surface area contributed by atoms with E-state index in [1.165, 1.54) is 5.54 Å². The molecule has 1 unspecified atom stereocenters. The summed E-state index contributed by atoms with van der Waals surface area (Å²) in [5.41, 5.74) is 12.5. The molecule has 21 heavy (non-hydrogen) atoms. The first kappa shape index (κ1) is 16.8. The normalized spacial score (nSPS) is 12.5. The third-order valence-electron chi connectivity index (χ3n) is 2.80. The summed E-state index contributed by atoms with van der Waals surface area (Å²) >= 11 is 5.40. The topological polar surface area (TPSA) is 110 Å². The molecule has 7 heteroatoms. The van der Waals surface area contributed by atoms with Crippen molar-refractivity contribution in [2.75, 3.05) is 6.54 Å². The van der Waals surface area contributed by atoms with Crippen molar-refractivity contribution in [2.24, 2.45) is 11.5 Å². The van der Waals surface area contributed by atoms with Gasteiger partial charge in [-0.15, -0.1) is 0 Å². The van der Waals surface area contributed by atoms with E-state index in [0.717, 1.165) is 0 Å². The lowest BCUT2D eigenvalue weighted by atomic mass is 10.1. The number of benzene rings is 1. The number of nitrogens with one attached hydrogen (secondary N) is 2. The van der Waals surface area contributed by atoms with Gasteiger partial charge in [-0.1, -0.05) is 29.8 Å². The summed E-state index contributed by atoms with van der Waals surface area (Å²) < 4.78 is 0. The van der Waals surface area contributed by atoms with E-state index in [0.29, 0.717) is 30.8 Å². The monoisotopic (exact) mass is 310 g/mol. The number of halogens is 1. The lowest BCUT2D eigenvalue weighted by Gasteiger charge is -2.15. The molecule has 114 valence electrons. The van der Waals surface area contributed by atoms with E-state index in [1.54, 1.807) is 24.3 Å². The first-order chi connectivity index (χ1) is 10.0. The van der Waals surface area contributed by atoms with Crippen LogP contribution >= 0.6 is 11.6 Å². The van der Waals surface area contributed by atoms with E-state index in [2.05, 4.69) is 10.6 Å². The number of rotatable bonds is 8. The van der Waals surface area contributed by atoms with Crippen LogP contribution in [0.5, 0.6) is 0 Å². The van der Waals surface area contributed by atoms with Crippen LogP contribution in [0.4, 0.5) is 0 Å². The van der Waals surface area contributed by atoms with Gasteiger partial charge in [0.05, 0.1) is 0 Å². The Labute approximate surface area is 128 Å². The fourth-order valence-electron chi connectivity index (χ4n) is 1.69. The van der Waals surface area contributed by atoms with Gasteiger partial charge in [-0.3, -0.25) is 9.59 Å². The quantitative estimate of drug-likeness (QED) is 0.528. The van der Waals surface area contributed by atoms with Crippen LogP contribution in [0.2, 0.25) is 0 Å². The molecule has 0 bridgehead atoms. The smallest absolute Gasteiger partial charge is 0.251 e. The van der Waals surface area contributed by atoms with Crippen molar-refractivity contribution in [3.63, 3.8) is 0 Å². The third-order valence-corrected chi connectivity index (χ3v) is 3.04. The summed E-state index contributed by atoms with van der Waals surface area (Å²) in [6.07, 6.45) is 1.02. The second kappa shape index (κ2) is 8.86. The average Bonchev–Trinajstić information content (AvgIpc) is 2.50. The minimum Gasteiger partial charge on any atom is -0.385 e. The summed E-state index contributed by atoms with van der Waals surface area (Å²) in [5.74, 6) is -0.548. The average molecular weight is 311 g/mol. The summed E-state index contributed by atoms with van der Waals surface area (Å²) in [6, 6.07) is 7.92. The van der Waals surface area contributed by atoms with Gasteiger partial charge in [0.1, 0.15) is 11.9 Å². The van der Waals surface area contributed by atoms with Crippen molar-refractivity contribution in [3.05, 3.63) is 47.3 Å². The van der Waals surface area contributed by atoms with Crippen LogP contribution in [0.3, 0.4) is 0 Å². The first-order valence-corrected chi connectivity index (χ1v) is 6.93. The van der Waals surface area contributed by atoms with Crippen molar-refractivity contribution >= 4 is 23.4 Å². The molecule has 0 spiro atoms. The Bertz CT molecular complexity index is 505. The van der Waals surface area contributed by atoms with Crippen LogP contribution in [-0.2, 0) is 4.79 Å². The molecule has 0 saturated heterocycles. The van der Waals surface area contributed by atoms with Gasteiger partial charge >= 0.3 is 0 Å². The van der Waals surface area contributed by atoms with Gasteiger partial charge in [-0.05, 0) is 25.0 Å². The van der Waals surface area contributed by atoms with Gasteiger partial charge < -0.3 is 22.1 Å². The molecule has 0 heterocycles. The van der Waals surface area contributed by atoms with Crippen LogP contribution in [0.15, 0.2) is 41.7 Å². The number of carbonyl (C=O) groups is 2. The SMILES string of the molecule is NC(=O)C(CCCNC(N)=CCl)NC(=O)c1ccccc1. The molecule has 0 aliphatic rings. The number of nitrogens with two attached hydrogens (primary N) is 2.